The number of aromatic amines is 1. The summed E-state index contributed by atoms with van der Waals surface area (Å²) in [7, 11) is 0. The molecule has 120 valence electrons. The highest BCUT2D eigenvalue weighted by molar-refractivity contribution is 5.98. The van der Waals surface area contributed by atoms with Crippen molar-refractivity contribution in [3.8, 4) is 0 Å². The molecule has 1 aromatic rings. The molecule has 1 saturated heterocycles. The van der Waals surface area contributed by atoms with Gasteiger partial charge in [0.25, 0.3) is 5.91 Å². The first-order valence-corrected chi connectivity index (χ1v) is 7.20. The normalized spacial score (nSPS) is 16.0. The number of nitrogens with zero attached hydrogens (tertiary/aromatic N) is 1. The summed E-state index contributed by atoms with van der Waals surface area (Å²) in [5.41, 5.74) is 2.14. The quantitative estimate of drug-likeness (QED) is 0.808. The smallest absolute Gasteiger partial charge is 0.355 e. The molecule has 1 fully saturated rings. The number of hydrogen-bond donors (Lipinski definition) is 2. The van der Waals surface area contributed by atoms with E-state index in [0.29, 0.717) is 36.2 Å². The van der Waals surface area contributed by atoms with E-state index in [1.807, 2.05) is 0 Å². The van der Waals surface area contributed by atoms with E-state index in [2.05, 4.69) is 4.98 Å². The van der Waals surface area contributed by atoms with Gasteiger partial charge in [-0.2, -0.15) is 0 Å². The second kappa shape index (κ2) is 6.31. The van der Waals surface area contributed by atoms with E-state index < -0.39 is 24.6 Å². The number of carbonyl (C=O) groups excluding carboxylic acids is 3. The predicted molar refractivity (Wildman–Crippen MR) is 77.1 cm³/mol. The van der Waals surface area contributed by atoms with Crippen LogP contribution in [0.15, 0.2) is 0 Å². The molecule has 7 nitrogen and oxygen atoms in total. The third-order valence-corrected chi connectivity index (χ3v) is 3.82. The topological polar surface area (TPSA) is 99.7 Å². The molecule has 0 aromatic carbocycles. The van der Waals surface area contributed by atoms with Gasteiger partial charge in [0.1, 0.15) is 5.69 Å². The molecular weight excluding hydrogens is 288 g/mol. The fraction of sp³-hybridized carbons (Fsp3) is 0.533. The Hall–Kier alpha value is -2.15. The summed E-state index contributed by atoms with van der Waals surface area (Å²) in [5, 5.41) is 9.70. The van der Waals surface area contributed by atoms with Gasteiger partial charge in [-0.25, -0.2) is 4.79 Å². The molecule has 0 saturated carbocycles. The van der Waals surface area contributed by atoms with E-state index in [1.165, 1.54) is 0 Å². The highest BCUT2D eigenvalue weighted by Gasteiger charge is 2.28. The van der Waals surface area contributed by atoms with Crippen molar-refractivity contribution in [2.75, 3.05) is 13.2 Å². The molecule has 7 heteroatoms. The molecule has 0 spiro atoms. The maximum absolute atomic E-state index is 12.1. The average molecular weight is 308 g/mol. The number of H-pyrrole nitrogens is 1. The molecule has 2 N–H and O–H groups in total. The Balaban J connectivity index is 2.02. The molecule has 22 heavy (non-hydrogen) atoms. The van der Waals surface area contributed by atoms with Gasteiger partial charge in [0, 0.05) is 24.2 Å². The Morgan fingerprint density at radius 3 is 2.59 bits per heavy atom. The van der Waals surface area contributed by atoms with Gasteiger partial charge in [-0.05, 0) is 32.8 Å². The molecule has 0 bridgehead atoms. The third-order valence-electron chi connectivity index (χ3n) is 3.82. The largest absolute Gasteiger partial charge is 0.451 e. The molecule has 0 aliphatic carbocycles. The number of likely N-dealkylation sites (tertiary alicyclic amines) is 1. The van der Waals surface area contributed by atoms with Crippen molar-refractivity contribution in [3.63, 3.8) is 0 Å². The van der Waals surface area contributed by atoms with Gasteiger partial charge in [-0.15, -0.1) is 0 Å². The maximum atomic E-state index is 12.1. The van der Waals surface area contributed by atoms with Crippen LogP contribution >= 0.6 is 0 Å². The maximum Gasteiger partial charge on any atom is 0.355 e. The van der Waals surface area contributed by atoms with E-state index in [9.17, 15) is 19.5 Å². The van der Waals surface area contributed by atoms with Crippen molar-refractivity contribution in [2.24, 2.45) is 0 Å². The number of hydrogen-bond acceptors (Lipinski definition) is 5. The minimum atomic E-state index is -0.707. The molecule has 1 aromatic heterocycles. The molecule has 1 aliphatic rings. The zero-order valence-corrected chi connectivity index (χ0v) is 12.9. The van der Waals surface area contributed by atoms with Crippen molar-refractivity contribution >= 4 is 17.8 Å². The van der Waals surface area contributed by atoms with Gasteiger partial charge in [0.15, 0.2) is 6.61 Å². The van der Waals surface area contributed by atoms with Crippen molar-refractivity contribution in [2.45, 2.75) is 39.7 Å². The zero-order valence-electron chi connectivity index (χ0n) is 12.9. The number of aryl methyl sites for hydroxylation is 1. The summed E-state index contributed by atoms with van der Waals surface area (Å²) < 4.78 is 4.98. The molecular formula is C15H20N2O5. The van der Waals surface area contributed by atoms with Gasteiger partial charge in [0.05, 0.1) is 6.10 Å². The van der Waals surface area contributed by atoms with Crippen LogP contribution in [0, 0.1) is 13.8 Å². The Bertz CT molecular complexity index is 618. The van der Waals surface area contributed by atoms with Crippen LogP contribution in [0.5, 0.6) is 0 Å². The number of aliphatic hydroxyl groups excluding tert-OH is 1. The van der Waals surface area contributed by atoms with Gasteiger partial charge in [-0.3, -0.25) is 14.5 Å². The number of nitrogens with one attached hydrogen (secondary N) is 1. The molecule has 2 amide bonds. The third kappa shape index (κ3) is 3.04. The highest BCUT2D eigenvalue weighted by atomic mass is 16.5. The van der Waals surface area contributed by atoms with E-state index in [1.54, 1.807) is 20.8 Å². The lowest BCUT2D eigenvalue weighted by Crippen LogP contribution is -2.35. The van der Waals surface area contributed by atoms with Crippen LogP contribution in [0.1, 0.15) is 53.2 Å². The van der Waals surface area contributed by atoms with E-state index in [-0.39, 0.29) is 11.6 Å². The fourth-order valence-corrected chi connectivity index (χ4v) is 2.78. The Kier molecular flexibility index (Phi) is 4.65. The molecule has 1 aliphatic heterocycles. The van der Waals surface area contributed by atoms with E-state index >= 15 is 0 Å². The van der Waals surface area contributed by atoms with Crippen LogP contribution in [0.25, 0.3) is 0 Å². The number of carbonyl (C=O) groups is 3. The Labute approximate surface area is 128 Å². The second-order valence-electron chi connectivity index (χ2n) is 5.46. The number of aromatic nitrogens is 1. The van der Waals surface area contributed by atoms with Gasteiger partial charge < -0.3 is 14.8 Å². The number of imide groups is 1. The van der Waals surface area contributed by atoms with E-state index in [4.69, 9.17) is 4.74 Å². The number of ether oxygens (including phenoxy) is 1. The lowest BCUT2D eigenvalue weighted by molar-refractivity contribution is -0.143. The Morgan fingerprint density at radius 1 is 1.41 bits per heavy atom. The molecule has 0 radical (unpaired) electrons. The summed E-state index contributed by atoms with van der Waals surface area (Å²) in [6.45, 7) is 4.97. The van der Waals surface area contributed by atoms with Crippen molar-refractivity contribution in [3.05, 3.63) is 22.5 Å². The van der Waals surface area contributed by atoms with Crippen LogP contribution < -0.4 is 0 Å². The fourth-order valence-electron chi connectivity index (χ4n) is 2.78. The molecule has 2 rings (SSSR count). The first kappa shape index (κ1) is 16.2. The highest BCUT2D eigenvalue weighted by Crippen LogP contribution is 2.24. The van der Waals surface area contributed by atoms with Crippen LogP contribution in [0.4, 0.5) is 0 Å². The van der Waals surface area contributed by atoms with Crippen LogP contribution in [-0.4, -0.2) is 45.9 Å². The molecule has 0 unspecified atom stereocenters. The molecule has 1 atom stereocenters. The summed E-state index contributed by atoms with van der Waals surface area (Å²) in [6, 6.07) is 0. The van der Waals surface area contributed by atoms with E-state index in [0.717, 1.165) is 4.90 Å². The average Bonchev–Trinajstić information content (AvgIpc) is 2.99. The minimum Gasteiger partial charge on any atom is -0.451 e. The number of rotatable bonds is 4. The van der Waals surface area contributed by atoms with Crippen molar-refractivity contribution < 1.29 is 24.2 Å². The predicted octanol–water partition coefficient (Wildman–Crippen LogP) is 0.991. The Morgan fingerprint density at radius 2 is 2.09 bits per heavy atom. The van der Waals surface area contributed by atoms with Crippen molar-refractivity contribution in [1.82, 2.24) is 9.88 Å². The van der Waals surface area contributed by atoms with Crippen LogP contribution in [-0.2, 0) is 14.3 Å². The summed E-state index contributed by atoms with van der Waals surface area (Å²) in [5.74, 6) is -1.41. The lowest BCUT2D eigenvalue weighted by Gasteiger charge is -2.13. The summed E-state index contributed by atoms with van der Waals surface area (Å²) in [6.07, 6.45) is 0.291. The number of esters is 1. The van der Waals surface area contributed by atoms with Crippen LogP contribution in [0.2, 0.25) is 0 Å². The van der Waals surface area contributed by atoms with Gasteiger partial charge >= 0.3 is 5.97 Å². The van der Waals surface area contributed by atoms with Gasteiger partial charge in [-0.1, -0.05) is 0 Å². The lowest BCUT2D eigenvalue weighted by atomic mass is 10.1. The SMILES string of the molecule is Cc1[nH]c(C(=O)OCC(=O)N2CCCC2=O)c(C)c1[C@@H](C)O. The summed E-state index contributed by atoms with van der Waals surface area (Å²) >= 11 is 0. The first-order valence-electron chi connectivity index (χ1n) is 7.20. The van der Waals surface area contributed by atoms with Crippen molar-refractivity contribution in [1.29, 1.82) is 0 Å². The second-order valence-corrected chi connectivity index (χ2v) is 5.46. The van der Waals surface area contributed by atoms with Crippen LogP contribution in [0.3, 0.4) is 0 Å². The molecule has 2 heterocycles. The number of aliphatic hydroxyl groups is 1. The summed E-state index contributed by atoms with van der Waals surface area (Å²) in [4.78, 5) is 39.3. The monoisotopic (exact) mass is 308 g/mol. The standard InChI is InChI=1S/C15H20N2O5/c1-8-13(10(3)18)9(2)16-14(8)15(21)22-7-12(20)17-6-4-5-11(17)19/h10,16,18H,4-7H2,1-3H3/t10-/m1/s1. The number of amides is 2. The zero-order chi connectivity index (χ0) is 16.4. The first-order chi connectivity index (χ1) is 10.3. The minimum absolute atomic E-state index is 0.217. The van der Waals surface area contributed by atoms with Gasteiger partial charge in [0.2, 0.25) is 5.91 Å².